The third-order valence-corrected chi connectivity index (χ3v) is 5.34. The molecule has 162 valence electrons. The first-order valence-electron chi connectivity index (χ1n) is 10.9. The van der Waals surface area contributed by atoms with Crippen molar-refractivity contribution < 1.29 is 4.39 Å². The van der Waals surface area contributed by atoms with Gasteiger partial charge in [0.2, 0.25) is 0 Å². The Bertz CT molecular complexity index is 782. The van der Waals surface area contributed by atoms with Crippen molar-refractivity contribution in [2.45, 2.75) is 26.8 Å². The van der Waals surface area contributed by atoms with Gasteiger partial charge < -0.3 is 20.4 Å². The van der Waals surface area contributed by atoms with Crippen LogP contribution in [0.1, 0.15) is 25.0 Å². The first-order valence-corrected chi connectivity index (χ1v) is 10.9. The summed E-state index contributed by atoms with van der Waals surface area (Å²) in [5, 5.41) is 6.61. The maximum absolute atomic E-state index is 13.0. The zero-order chi connectivity index (χ0) is 21.2. The Morgan fingerprint density at radius 1 is 1.00 bits per heavy atom. The number of nitrogens with one attached hydrogen (secondary N) is 2. The molecule has 1 saturated heterocycles. The molecule has 0 aliphatic carbocycles. The lowest BCUT2D eigenvalue weighted by molar-refractivity contribution is 0.270. The fourth-order valence-corrected chi connectivity index (χ4v) is 3.48. The van der Waals surface area contributed by atoms with Crippen LogP contribution < -0.4 is 15.5 Å². The molecule has 1 aromatic heterocycles. The number of aliphatic imine (C=N–C) groups is 1. The molecule has 7 heteroatoms. The van der Waals surface area contributed by atoms with E-state index in [1.165, 1.54) is 12.1 Å². The maximum Gasteiger partial charge on any atom is 0.191 e. The highest BCUT2D eigenvalue weighted by atomic mass is 19.1. The van der Waals surface area contributed by atoms with Crippen LogP contribution in [0.3, 0.4) is 0 Å². The Hall–Kier alpha value is -2.67. The van der Waals surface area contributed by atoms with Gasteiger partial charge in [0.05, 0.1) is 6.54 Å². The van der Waals surface area contributed by atoms with E-state index in [4.69, 9.17) is 0 Å². The quantitative estimate of drug-likeness (QED) is 0.516. The normalized spacial score (nSPS) is 15.3. The molecule has 0 atom stereocenters. The van der Waals surface area contributed by atoms with Crippen LogP contribution in [0.5, 0.6) is 0 Å². The number of benzene rings is 1. The van der Waals surface area contributed by atoms with Crippen LogP contribution in [0.2, 0.25) is 0 Å². The number of pyridine rings is 1. The van der Waals surface area contributed by atoms with Crippen LogP contribution in [0.25, 0.3) is 0 Å². The predicted molar refractivity (Wildman–Crippen MR) is 121 cm³/mol. The fourth-order valence-electron chi connectivity index (χ4n) is 3.48. The van der Waals surface area contributed by atoms with Gasteiger partial charge in [-0.25, -0.2) is 14.4 Å². The van der Waals surface area contributed by atoms with Crippen molar-refractivity contribution in [3.05, 3.63) is 59.5 Å². The second-order valence-electron chi connectivity index (χ2n) is 7.44. The minimum absolute atomic E-state index is 0.204. The Morgan fingerprint density at radius 2 is 1.73 bits per heavy atom. The summed E-state index contributed by atoms with van der Waals surface area (Å²) in [5.74, 6) is 1.62. The van der Waals surface area contributed by atoms with Crippen LogP contribution in [-0.2, 0) is 13.0 Å². The van der Waals surface area contributed by atoms with Crippen molar-refractivity contribution in [1.29, 1.82) is 0 Å². The van der Waals surface area contributed by atoms with Gasteiger partial charge in [0.25, 0.3) is 0 Å². The van der Waals surface area contributed by atoms with Crippen LogP contribution in [0.15, 0.2) is 47.6 Å². The molecule has 2 aromatic rings. The average molecular weight is 413 g/mol. The number of hydrogen-bond acceptors (Lipinski definition) is 4. The number of anilines is 1. The molecule has 1 aliphatic rings. The van der Waals surface area contributed by atoms with E-state index >= 15 is 0 Å². The zero-order valence-corrected chi connectivity index (χ0v) is 18.1. The lowest BCUT2D eigenvalue weighted by Gasteiger charge is -2.34. The highest BCUT2D eigenvalue weighted by Gasteiger charge is 2.16. The average Bonchev–Trinajstić information content (AvgIpc) is 2.79. The van der Waals surface area contributed by atoms with Crippen LogP contribution in [-0.4, -0.2) is 61.7 Å². The summed E-state index contributed by atoms with van der Waals surface area (Å²) >= 11 is 0. The molecule has 0 saturated carbocycles. The third-order valence-electron chi connectivity index (χ3n) is 5.34. The van der Waals surface area contributed by atoms with E-state index in [9.17, 15) is 4.39 Å². The van der Waals surface area contributed by atoms with E-state index in [1.807, 2.05) is 25.3 Å². The molecule has 0 unspecified atom stereocenters. The van der Waals surface area contributed by atoms with Crippen LogP contribution >= 0.6 is 0 Å². The zero-order valence-electron chi connectivity index (χ0n) is 18.1. The van der Waals surface area contributed by atoms with E-state index in [2.05, 4.69) is 49.5 Å². The molecule has 0 bridgehead atoms. The molecule has 6 nitrogen and oxygen atoms in total. The standard InChI is InChI=1S/C23H33FN6/c1-3-25-23(26-12-11-19-5-8-21(24)9-6-19)28-18-20-7-10-22(27-17-20)30-15-13-29(4-2)14-16-30/h5-10,17H,3-4,11-16,18H2,1-2H3,(H2,25,26,28). The number of halogens is 1. The molecule has 2 heterocycles. The van der Waals surface area contributed by atoms with Crippen molar-refractivity contribution in [1.82, 2.24) is 20.5 Å². The largest absolute Gasteiger partial charge is 0.357 e. The van der Waals surface area contributed by atoms with E-state index < -0.39 is 0 Å². The minimum Gasteiger partial charge on any atom is -0.357 e. The van der Waals surface area contributed by atoms with Gasteiger partial charge in [0, 0.05) is 45.5 Å². The van der Waals surface area contributed by atoms with E-state index in [0.717, 1.165) is 75.1 Å². The van der Waals surface area contributed by atoms with Gasteiger partial charge in [-0.05, 0) is 49.2 Å². The fraction of sp³-hybridized carbons (Fsp3) is 0.478. The Kier molecular flexibility index (Phi) is 8.44. The first-order chi connectivity index (χ1) is 14.7. The second kappa shape index (κ2) is 11.5. The summed E-state index contributed by atoms with van der Waals surface area (Å²) in [6, 6.07) is 10.8. The summed E-state index contributed by atoms with van der Waals surface area (Å²) in [5.41, 5.74) is 2.18. The summed E-state index contributed by atoms with van der Waals surface area (Å²) in [6.07, 6.45) is 2.74. The Balaban J connectivity index is 1.49. The molecule has 0 spiro atoms. The van der Waals surface area contributed by atoms with Crippen LogP contribution in [0, 0.1) is 5.82 Å². The molecule has 30 heavy (non-hydrogen) atoms. The SMILES string of the molecule is CCNC(=NCc1ccc(N2CCN(CC)CC2)nc1)NCCc1ccc(F)cc1. The highest BCUT2D eigenvalue weighted by molar-refractivity contribution is 5.79. The Morgan fingerprint density at radius 3 is 2.37 bits per heavy atom. The first kappa shape index (κ1) is 22.0. The summed E-state index contributed by atoms with van der Waals surface area (Å²) in [4.78, 5) is 14.1. The van der Waals surface area contributed by atoms with E-state index in [1.54, 1.807) is 0 Å². The number of aromatic nitrogens is 1. The van der Waals surface area contributed by atoms with E-state index in [-0.39, 0.29) is 5.82 Å². The number of rotatable bonds is 8. The van der Waals surface area contributed by atoms with E-state index in [0.29, 0.717) is 6.54 Å². The number of likely N-dealkylation sites (N-methyl/N-ethyl adjacent to an activating group) is 1. The van der Waals surface area contributed by atoms with Gasteiger partial charge in [0.1, 0.15) is 11.6 Å². The molecular weight excluding hydrogens is 379 g/mol. The van der Waals surface area contributed by atoms with Gasteiger partial charge in [-0.15, -0.1) is 0 Å². The molecule has 0 radical (unpaired) electrons. The lowest BCUT2D eigenvalue weighted by atomic mass is 10.1. The number of guanidine groups is 1. The van der Waals surface area contributed by atoms with Crippen LogP contribution in [0.4, 0.5) is 10.2 Å². The molecule has 1 aliphatic heterocycles. The molecule has 0 amide bonds. The summed E-state index contributed by atoms with van der Waals surface area (Å²) in [6.45, 7) is 11.7. The third kappa shape index (κ3) is 6.69. The summed E-state index contributed by atoms with van der Waals surface area (Å²) < 4.78 is 13.0. The van der Waals surface area contributed by atoms with Gasteiger partial charge >= 0.3 is 0 Å². The topological polar surface area (TPSA) is 55.8 Å². The number of piperazine rings is 1. The van der Waals surface area contributed by atoms with Gasteiger partial charge in [-0.1, -0.05) is 25.1 Å². The Labute approximate surface area is 179 Å². The minimum atomic E-state index is -0.204. The molecule has 1 aromatic carbocycles. The van der Waals surface area contributed by atoms with Gasteiger partial charge in [-0.3, -0.25) is 0 Å². The monoisotopic (exact) mass is 412 g/mol. The van der Waals surface area contributed by atoms with Gasteiger partial charge in [0.15, 0.2) is 5.96 Å². The van der Waals surface area contributed by atoms with Crippen molar-refractivity contribution >= 4 is 11.8 Å². The lowest BCUT2D eigenvalue weighted by Crippen LogP contribution is -2.46. The summed E-state index contributed by atoms with van der Waals surface area (Å²) in [7, 11) is 0. The van der Waals surface area contributed by atoms with Crippen molar-refractivity contribution in [2.75, 3.05) is 50.7 Å². The molecule has 1 fully saturated rings. The molecule has 3 rings (SSSR count). The second-order valence-corrected chi connectivity index (χ2v) is 7.44. The molecule has 2 N–H and O–H groups in total. The smallest absolute Gasteiger partial charge is 0.191 e. The maximum atomic E-state index is 13.0. The predicted octanol–water partition coefficient (Wildman–Crippen LogP) is 2.66. The highest BCUT2D eigenvalue weighted by Crippen LogP contribution is 2.14. The number of nitrogens with zero attached hydrogens (tertiary/aromatic N) is 4. The van der Waals surface area contributed by atoms with Crippen molar-refractivity contribution in [2.24, 2.45) is 4.99 Å². The number of hydrogen-bond donors (Lipinski definition) is 2. The van der Waals surface area contributed by atoms with Crippen molar-refractivity contribution in [3.8, 4) is 0 Å². The molecular formula is C23H33FN6. The van der Waals surface area contributed by atoms with Gasteiger partial charge in [-0.2, -0.15) is 0 Å². The van der Waals surface area contributed by atoms with Crippen molar-refractivity contribution in [3.63, 3.8) is 0 Å².